The van der Waals surface area contributed by atoms with Crippen LogP contribution in [-0.4, -0.2) is 9.78 Å². The summed E-state index contributed by atoms with van der Waals surface area (Å²) in [6.07, 6.45) is 7.54. The molecule has 2 rings (SSSR count). The van der Waals surface area contributed by atoms with Crippen LogP contribution >= 0.6 is 0 Å². The molecular weight excluding hydrogens is 179 g/mol. The third kappa shape index (κ3) is 1.47. The highest BCUT2D eigenvalue weighted by Crippen LogP contribution is 2.15. The van der Waals surface area contributed by atoms with Gasteiger partial charge in [-0.25, -0.2) is 4.39 Å². The van der Waals surface area contributed by atoms with Gasteiger partial charge in [0.15, 0.2) is 5.82 Å². The third-order valence-electron chi connectivity index (χ3n) is 2.02. The lowest BCUT2D eigenvalue weighted by Crippen LogP contribution is -1.96. The predicted molar refractivity (Wildman–Crippen MR) is 53.1 cm³/mol. The Morgan fingerprint density at radius 3 is 3.07 bits per heavy atom. The Morgan fingerprint density at radius 1 is 1.50 bits per heavy atom. The fraction of sp³-hybridized carbons (Fsp3) is 0.182. The van der Waals surface area contributed by atoms with E-state index in [9.17, 15) is 4.39 Å². The summed E-state index contributed by atoms with van der Waals surface area (Å²) >= 11 is 0. The Morgan fingerprint density at radius 2 is 2.36 bits per heavy atom. The van der Waals surface area contributed by atoms with Gasteiger partial charge in [0.2, 0.25) is 0 Å². The largest absolute Gasteiger partial charge is 0.270 e. The van der Waals surface area contributed by atoms with Crippen LogP contribution in [0.2, 0.25) is 0 Å². The van der Waals surface area contributed by atoms with Gasteiger partial charge in [-0.05, 0) is 6.07 Å². The molecule has 0 fully saturated rings. The normalized spacial score (nSPS) is 10.3. The number of hydrogen-bond acceptors (Lipinski definition) is 1. The average Bonchev–Trinajstić information content (AvgIpc) is 2.59. The SMILES string of the molecule is C#CCCn1cc2cccc(F)c2n1. The van der Waals surface area contributed by atoms with Crippen molar-refractivity contribution >= 4 is 10.9 Å². The second-order valence-electron chi connectivity index (χ2n) is 3.02. The van der Waals surface area contributed by atoms with Crippen molar-refractivity contribution in [3.05, 3.63) is 30.2 Å². The van der Waals surface area contributed by atoms with Crippen LogP contribution in [0.25, 0.3) is 10.9 Å². The van der Waals surface area contributed by atoms with Crippen molar-refractivity contribution in [2.24, 2.45) is 0 Å². The summed E-state index contributed by atoms with van der Waals surface area (Å²) in [5.74, 6) is 2.23. The van der Waals surface area contributed by atoms with Gasteiger partial charge in [0, 0.05) is 18.0 Å². The maximum absolute atomic E-state index is 13.2. The predicted octanol–water partition coefficient (Wildman–Crippen LogP) is 2.20. The van der Waals surface area contributed by atoms with Gasteiger partial charge < -0.3 is 0 Å². The molecule has 0 unspecified atom stereocenters. The van der Waals surface area contributed by atoms with Gasteiger partial charge in [-0.15, -0.1) is 12.3 Å². The quantitative estimate of drug-likeness (QED) is 0.660. The van der Waals surface area contributed by atoms with Crippen molar-refractivity contribution in [2.75, 3.05) is 0 Å². The monoisotopic (exact) mass is 188 g/mol. The molecule has 2 aromatic rings. The molecule has 14 heavy (non-hydrogen) atoms. The first-order valence-corrected chi connectivity index (χ1v) is 4.36. The summed E-state index contributed by atoms with van der Waals surface area (Å²) in [5, 5.41) is 4.90. The Bertz CT molecular complexity index is 493. The molecule has 0 saturated heterocycles. The van der Waals surface area contributed by atoms with Crippen molar-refractivity contribution in [1.29, 1.82) is 0 Å². The number of fused-ring (bicyclic) bond motifs is 1. The van der Waals surface area contributed by atoms with E-state index in [1.54, 1.807) is 16.9 Å². The Balaban J connectivity index is 2.42. The first kappa shape index (κ1) is 8.76. The van der Waals surface area contributed by atoms with Gasteiger partial charge in [-0.1, -0.05) is 12.1 Å². The Kier molecular flexibility index (Phi) is 2.19. The van der Waals surface area contributed by atoms with Crippen LogP contribution in [0.5, 0.6) is 0 Å². The number of hydrogen-bond donors (Lipinski definition) is 0. The van der Waals surface area contributed by atoms with Crippen molar-refractivity contribution in [3.63, 3.8) is 0 Å². The van der Waals surface area contributed by atoms with Gasteiger partial charge in [-0.3, -0.25) is 4.68 Å². The van der Waals surface area contributed by atoms with E-state index in [4.69, 9.17) is 6.42 Å². The molecule has 3 heteroatoms. The highest BCUT2D eigenvalue weighted by atomic mass is 19.1. The minimum absolute atomic E-state index is 0.290. The van der Waals surface area contributed by atoms with E-state index in [-0.39, 0.29) is 5.82 Å². The number of rotatable bonds is 2. The van der Waals surface area contributed by atoms with E-state index in [1.807, 2.05) is 6.07 Å². The molecule has 0 amide bonds. The van der Waals surface area contributed by atoms with Gasteiger partial charge in [-0.2, -0.15) is 5.10 Å². The molecule has 1 heterocycles. The Labute approximate surface area is 81.3 Å². The number of aromatic nitrogens is 2. The molecule has 1 aromatic carbocycles. The van der Waals surface area contributed by atoms with Crippen LogP contribution in [-0.2, 0) is 6.54 Å². The molecule has 70 valence electrons. The second-order valence-corrected chi connectivity index (χ2v) is 3.02. The first-order chi connectivity index (χ1) is 6.81. The highest BCUT2D eigenvalue weighted by molar-refractivity contribution is 5.78. The van der Waals surface area contributed by atoms with Crippen LogP contribution in [0.1, 0.15) is 6.42 Å². The van der Waals surface area contributed by atoms with Crippen LogP contribution in [0.3, 0.4) is 0 Å². The maximum atomic E-state index is 13.2. The van der Waals surface area contributed by atoms with Gasteiger partial charge in [0.05, 0.1) is 6.54 Å². The van der Waals surface area contributed by atoms with Gasteiger partial charge in [0.1, 0.15) is 5.52 Å². The molecule has 0 saturated carbocycles. The summed E-state index contributed by atoms with van der Waals surface area (Å²) in [7, 11) is 0. The Hall–Kier alpha value is -1.82. The summed E-state index contributed by atoms with van der Waals surface area (Å²) in [5.41, 5.74) is 0.407. The van der Waals surface area contributed by atoms with Crippen molar-refractivity contribution in [2.45, 2.75) is 13.0 Å². The average molecular weight is 188 g/mol. The van der Waals surface area contributed by atoms with E-state index in [0.29, 0.717) is 18.5 Å². The van der Waals surface area contributed by atoms with Gasteiger partial charge >= 0.3 is 0 Å². The zero-order valence-corrected chi connectivity index (χ0v) is 7.57. The number of halogens is 1. The van der Waals surface area contributed by atoms with E-state index in [0.717, 1.165) is 5.39 Å². The maximum Gasteiger partial charge on any atom is 0.151 e. The molecule has 2 nitrogen and oxygen atoms in total. The number of benzene rings is 1. The zero-order chi connectivity index (χ0) is 9.97. The lowest BCUT2D eigenvalue weighted by atomic mass is 10.2. The van der Waals surface area contributed by atoms with Crippen LogP contribution in [0.15, 0.2) is 24.4 Å². The van der Waals surface area contributed by atoms with E-state index < -0.39 is 0 Å². The molecule has 1 aromatic heterocycles. The molecule has 0 atom stereocenters. The molecule has 0 aliphatic heterocycles. The molecule has 0 radical (unpaired) electrons. The summed E-state index contributed by atoms with van der Waals surface area (Å²) in [6.45, 7) is 0.630. The number of aryl methyl sites for hydroxylation is 1. The smallest absolute Gasteiger partial charge is 0.151 e. The van der Waals surface area contributed by atoms with Crippen LogP contribution in [0, 0.1) is 18.2 Å². The summed E-state index contributed by atoms with van der Waals surface area (Å²) in [6, 6.07) is 4.91. The highest BCUT2D eigenvalue weighted by Gasteiger charge is 2.04. The molecule has 0 spiro atoms. The lowest BCUT2D eigenvalue weighted by molar-refractivity contribution is 0.613. The van der Waals surface area contributed by atoms with Gasteiger partial charge in [0.25, 0.3) is 0 Å². The standard InChI is InChI=1S/C11H9FN2/c1-2-3-7-14-8-9-5-4-6-10(12)11(9)13-14/h1,4-6,8H,3,7H2. The molecular formula is C11H9FN2. The minimum atomic E-state index is -0.290. The zero-order valence-electron chi connectivity index (χ0n) is 7.57. The van der Waals surface area contributed by atoms with Crippen molar-refractivity contribution in [1.82, 2.24) is 9.78 Å². The van der Waals surface area contributed by atoms with E-state index >= 15 is 0 Å². The third-order valence-corrected chi connectivity index (χ3v) is 2.02. The molecule has 0 N–H and O–H groups in total. The number of terminal acetylenes is 1. The van der Waals surface area contributed by atoms with Crippen molar-refractivity contribution < 1.29 is 4.39 Å². The molecule has 0 bridgehead atoms. The second kappa shape index (κ2) is 3.51. The van der Waals surface area contributed by atoms with Crippen LogP contribution < -0.4 is 0 Å². The fourth-order valence-electron chi connectivity index (χ4n) is 1.35. The minimum Gasteiger partial charge on any atom is -0.270 e. The number of nitrogens with zero attached hydrogens (tertiary/aromatic N) is 2. The van der Waals surface area contributed by atoms with E-state index in [2.05, 4.69) is 11.0 Å². The molecule has 0 aliphatic carbocycles. The first-order valence-electron chi connectivity index (χ1n) is 4.36. The lowest BCUT2D eigenvalue weighted by Gasteiger charge is -1.93. The fourth-order valence-corrected chi connectivity index (χ4v) is 1.35. The van der Waals surface area contributed by atoms with E-state index in [1.165, 1.54) is 6.07 Å². The summed E-state index contributed by atoms with van der Waals surface area (Å²) < 4.78 is 14.9. The van der Waals surface area contributed by atoms with Crippen LogP contribution in [0.4, 0.5) is 4.39 Å². The molecule has 0 aliphatic rings. The summed E-state index contributed by atoms with van der Waals surface area (Å²) in [4.78, 5) is 0. The van der Waals surface area contributed by atoms with Crippen molar-refractivity contribution in [3.8, 4) is 12.3 Å². The topological polar surface area (TPSA) is 17.8 Å².